The fraction of sp³-hybridized carbons (Fsp3) is 0.625. The van der Waals surface area contributed by atoms with Gasteiger partial charge in [-0.15, -0.1) is 0 Å². The van der Waals surface area contributed by atoms with Gasteiger partial charge in [0.05, 0.1) is 4.92 Å². The van der Waals surface area contributed by atoms with Gasteiger partial charge in [0.25, 0.3) is 5.69 Å². The van der Waals surface area contributed by atoms with Crippen LogP contribution < -0.4 is 10.2 Å². The van der Waals surface area contributed by atoms with Gasteiger partial charge in [0.15, 0.2) is 0 Å². The van der Waals surface area contributed by atoms with Crippen molar-refractivity contribution in [2.45, 2.75) is 39.7 Å². The summed E-state index contributed by atoms with van der Waals surface area (Å²) in [5.41, 5.74) is 2.06. The Hall–Kier alpha value is -1.62. The lowest BCUT2D eigenvalue weighted by atomic mass is 9.96. The Bertz CT molecular complexity index is 502. The van der Waals surface area contributed by atoms with Crippen molar-refractivity contribution in [1.82, 2.24) is 5.32 Å². The molecule has 1 aromatic carbocycles. The van der Waals surface area contributed by atoms with Crippen LogP contribution >= 0.6 is 0 Å². The minimum Gasteiger partial charge on any atom is -0.366 e. The Morgan fingerprint density at radius 3 is 2.90 bits per heavy atom. The van der Waals surface area contributed by atoms with Gasteiger partial charge >= 0.3 is 0 Å². The van der Waals surface area contributed by atoms with Crippen LogP contribution in [0.1, 0.15) is 32.3 Å². The van der Waals surface area contributed by atoms with Crippen LogP contribution in [0.5, 0.6) is 0 Å². The molecular weight excluding hydrogens is 266 g/mol. The third-order valence-corrected chi connectivity index (χ3v) is 4.00. The van der Waals surface area contributed by atoms with Crippen molar-refractivity contribution < 1.29 is 4.92 Å². The van der Waals surface area contributed by atoms with Crippen LogP contribution in [-0.2, 0) is 0 Å². The van der Waals surface area contributed by atoms with Crippen LogP contribution in [-0.4, -0.2) is 30.6 Å². The van der Waals surface area contributed by atoms with E-state index in [4.69, 9.17) is 0 Å². The zero-order chi connectivity index (χ0) is 15.4. The van der Waals surface area contributed by atoms with Gasteiger partial charge in [-0.2, -0.15) is 0 Å². The number of nitro groups is 1. The molecule has 116 valence electrons. The Balaban J connectivity index is 2.13. The van der Waals surface area contributed by atoms with Crippen LogP contribution in [0.3, 0.4) is 0 Å². The Kier molecular flexibility index (Phi) is 5.17. The smallest absolute Gasteiger partial charge is 0.292 e. The van der Waals surface area contributed by atoms with Crippen LogP contribution in [0.25, 0.3) is 0 Å². The van der Waals surface area contributed by atoms with Gasteiger partial charge in [-0.1, -0.05) is 19.9 Å². The zero-order valence-corrected chi connectivity index (χ0v) is 13.1. The lowest BCUT2D eigenvalue weighted by molar-refractivity contribution is -0.384. The van der Waals surface area contributed by atoms with Gasteiger partial charge < -0.3 is 10.2 Å². The Morgan fingerprint density at radius 1 is 1.48 bits per heavy atom. The van der Waals surface area contributed by atoms with Gasteiger partial charge in [0, 0.05) is 25.2 Å². The summed E-state index contributed by atoms with van der Waals surface area (Å²) in [5, 5.41) is 14.7. The summed E-state index contributed by atoms with van der Waals surface area (Å²) in [6, 6.07) is 5.86. The lowest BCUT2D eigenvalue weighted by Crippen LogP contribution is -2.41. The number of benzene rings is 1. The average Bonchev–Trinajstić information content (AvgIpc) is 2.45. The van der Waals surface area contributed by atoms with E-state index >= 15 is 0 Å². The molecule has 0 spiro atoms. The molecule has 1 aliphatic rings. The lowest BCUT2D eigenvalue weighted by Gasteiger charge is -2.34. The van der Waals surface area contributed by atoms with Crippen molar-refractivity contribution >= 4 is 11.4 Å². The molecule has 1 saturated heterocycles. The molecule has 1 aliphatic heterocycles. The van der Waals surface area contributed by atoms with Gasteiger partial charge in [0.1, 0.15) is 5.69 Å². The molecule has 5 nitrogen and oxygen atoms in total. The quantitative estimate of drug-likeness (QED) is 0.669. The molecule has 1 fully saturated rings. The number of hydrogen-bond acceptors (Lipinski definition) is 4. The number of piperidine rings is 1. The molecule has 21 heavy (non-hydrogen) atoms. The van der Waals surface area contributed by atoms with E-state index in [1.54, 1.807) is 6.07 Å². The predicted molar refractivity (Wildman–Crippen MR) is 85.9 cm³/mol. The third kappa shape index (κ3) is 4.17. The number of rotatable bonds is 5. The minimum atomic E-state index is -0.273. The fourth-order valence-corrected chi connectivity index (χ4v) is 2.89. The summed E-state index contributed by atoms with van der Waals surface area (Å²) in [5.74, 6) is 0.557. The van der Waals surface area contributed by atoms with E-state index < -0.39 is 0 Å². The predicted octanol–water partition coefficient (Wildman–Crippen LogP) is 3.12. The first-order valence-corrected chi connectivity index (χ1v) is 7.70. The minimum absolute atomic E-state index is 0.220. The second-order valence-electron chi connectivity index (χ2n) is 6.27. The summed E-state index contributed by atoms with van der Waals surface area (Å²) in [4.78, 5) is 13.1. The number of hydrogen-bond donors (Lipinski definition) is 1. The largest absolute Gasteiger partial charge is 0.366 e. The van der Waals surface area contributed by atoms with E-state index in [1.807, 2.05) is 19.1 Å². The summed E-state index contributed by atoms with van der Waals surface area (Å²) in [6.45, 7) is 9.05. The highest BCUT2D eigenvalue weighted by Crippen LogP contribution is 2.32. The van der Waals surface area contributed by atoms with Gasteiger partial charge in [0.2, 0.25) is 0 Å². The van der Waals surface area contributed by atoms with Crippen LogP contribution in [0, 0.1) is 23.0 Å². The number of anilines is 1. The maximum absolute atomic E-state index is 11.2. The van der Waals surface area contributed by atoms with E-state index in [9.17, 15) is 10.1 Å². The zero-order valence-electron chi connectivity index (χ0n) is 13.1. The van der Waals surface area contributed by atoms with E-state index in [2.05, 4.69) is 24.1 Å². The van der Waals surface area contributed by atoms with E-state index in [-0.39, 0.29) is 10.6 Å². The number of nitro benzene ring substituents is 1. The van der Waals surface area contributed by atoms with Crippen molar-refractivity contribution in [1.29, 1.82) is 0 Å². The summed E-state index contributed by atoms with van der Waals surface area (Å²) >= 11 is 0. The molecular formula is C16H25N3O2. The van der Waals surface area contributed by atoms with Crippen LogP contribution in [0.2, 0.25) is 0 Å². The Morgan fingerprint density at radius 2 is 2.24 bits per heavy atom. The molecule has 1 aromatic rings. The van der Waals surface area contributed by atoms with E-state index in [1.165, 1.54) is 6.42 Å². The SMILES string of the molecule is Cc1ccc([N+](=O)[O-])c(N2CCCC(CNC(C)C)C2)c1. The standard InChI is InChI=1S/C16H25N3O2/c1-12(2)17-10-14-5-4-8-18(11-14)16-9-13(3)6-7-15(16)19(20)21/h6-7,9,12,14,17H,4-5,8,10-11H2,1-3H3. The van der Waals surface area contributed by atoms with Crippen LogP contribution in [0.4, 0.5) is 11.4 Å². The van der Waals surface area contributed by atoms with Crippen molar-refractivity contribution in [3.63, 3.8) is 0 Å². The first kappa shape index (κ1) is 15.8. The highest BCUT2D eigenvalue weighted by molar-refractivity contribution is 5.64. The monoisotopic (exact) mass is 291 g/mol. The third-order valence-electron chi connectivity index (χ3n) is 4.00. The number of aryl methyl sites for hydroxylation is 1. The number of nitrogens with one attached hydrogen (secondary N) is 1. The second kappa shape index (κ2) is 6.89. The number of nitrogens with zero attached hydrogens (tertiary/aromatic N) is 2. The van der Waals surface area contributed by atoms with Gasteiger partial charge in [-0.05, 0) is 43.9 Å². The fourth-order valence-electron chi connectivity index (χ4n) is 2.89. The highest BCUT2D eigenvalue weighted by atomic mass is 16.6. The molecule has 0 saturated carbocycles. The van der Waals surface area contributed by atoms with Gasteiger partial charge in [-0.3, -0.25) is 10.1 Å². The molecule has 1 N–H and O–H groups in total. The van der Waals surface area contributed by atoms with Gasteiger partial charge in [-0.25, -0.2) is 0 Å². The molecule has 1 atom stereocenters. The van der Waals surface area contributed by atoms with Crippen molar-refractivity contribution in [3.8, 4) is 0 Å². The Labute approximate surface area is 126 Å². The van der Waals surface area contributed by atoms with Crippen LogP contribution in [0.15, 0.2) is 18.2 Å². The summed E-state index contributed by atoms with van der Waals surface area (Å²) < 4.78 is 0. The first-order chi connectivity index (χ1) is 9.97. The molecule has 1 heterocycles. The topological polar surface area (TPSA) is 58.4 Å². The maximum Gasteiger partial charge on any atom is 0.292 e. The first-order valence-electron chi connectivity index (χ1n) is 7.70. The van der Waals surface area contributed by atoms with Crippen molar-refractivity contribution in [2.75, 3.05) is 24.5 Å². The van der Waals surface area contributed by atoms with Crippen molar-refractivity contribution in [3.05, 3.63) is 33.9 Å². The maximum atomic E-state index is 11.2. The van der Waals surface area contributed by atoms with E-state index in [0.717, 1.165) is 37.3 Å². The highest BCUT2D eigenvalue weighted by Gasteiger charge is 2.25. The molecule has 0 amide bonds. The summed E-state index contributed by atoms with van der Waals surface area (Å²) in [6.07, 6.45) is 2.28. The van der Waals surface area contributed by atoms with E-state index in [0.29, 0.717) is 12.0 Å². The van der Waals surface area contributed by atoms with Crippen molar-refractivity contribution in [2.24, 2.45) is 5.92 Å². The molecule has 1 unspecified atom stereocenters. The molecule has 5 heteroatoms. The molecule has 2 rings (SSSR count). The molecule has 0 aliphatic carbocycles. The average molecular weight is 291 g/mol. The molecule has 0 aromatic heterocycles. The normalized spacial score (nSPS) is 19.0. The summed E-state index contributed by atoms with van der Waals surface area (Å²) in [7, 11) is 0. The second-order valence-corrected chi connectivity index (χ2v) is 6.27. The molecule has 0 bridgehead atoms. The molecule has 0 radical (unpaired) electrons.